The van der Waals surface area contributed by atoms with Gasteiger partial charge in [-0.2, -0.15) is 0 Å². The van der Waals surface area contributed by atoms with Crippen LogP contribution in [0.2, 0.25) is 0 Å². The summed E-state index contributed by atoms with van der Waals surface area (Å²) in [4.78, 5) is 4.23. The minimum Gasteiger partial charge on any atom is -0.311 e. The summed E-state index contributed by atoms with van der Waals surface area (Å²) >= 11 is 0. The lowest BCUT2D eigenvalue weighted by Crippen LogP contribution is -2.19. The molecule has 0 heterocycles. The quantitative estimate of drug-likeness (QED) is 0.0984. The van der Waals surface area contributed by atoms with Crippen LogP contribution in [-0.2, 0) is 0 Å². The lowest BCUT2D eigenvalue weighted by Gasteiger charge is -2.28. The molecule has 2 heteroatoms. The Balaban J connectivity index is 2.44. The zero-order chi connectivity index (χ0) is 42.4. The van der Waals surface area contributed by atoms with Crippen molar-refractivity contribution in [3.63, 3.8) is 0 Å². The Bertz CT molecular complexity index is 2150. The van der Waals surface area contributed by atoms with Gasteiger partial charge in [0, 0.05) is 34.2 Å². The topological polar surface area (TPSA) is 6.48 Å². The van der Waals surface area contributed by atoms with Crippen LogP contribution in [0.1, 0.15) is 25.0 Å². The summed E-state index contributed by atoms with van der Waals surface area (Å²) < 4.78 is 0. The molecule has 0 saturated heterocycles. The molecule has 2 aromatic carbocycles. The molecule has 0 amide bonds. The van der Waals surface area contributed by atoms with Crippen LogP contribution in [0.25, 0.3) is 12.2 Å². The predicted octanol–water partition coefficient (Wildman–Crippen LogP) is 15.5. The first kappa shape index (κ1) is 46.7. The van der Waals surface area contributed by atoms with Gasteiger partial charge in [-0.1, -0.05) is 198 Å². The summed E-state index contributed by atoms with van der Waals surface area (Å²) in [5.74, 6) is 0. The molecule has 0 atom stereocenters. The molecule has 0 radical (unpaired) electrons. The molecule has 2 nitrogen and oxygen atoms in total. The van der Waals surface area contributed by atoms with Crippen molar-refractivity contribution in [1.82, 2.24) is 4.90 Å². The second-order valence-corrected chi connectivity index (χ2v) is 12.1. The highest BCUT2D eigenvalue weighted by Gasteiger charge is 2.14. The molecule has 0 bridgehead atoms. The van der Waals surface area contributed by atoms with E-state index < -0.39 is 0 Å². The summed E-state index contributed by atoms with van der Waals surface area (Å²) in [5, 5.41) is 0. The third-order valence-electron chi connectivity index (χ3n) is 8.14. The van der Waals surface area contributed by atoms with E-state index >= 15 is 0 Å². The van der Waals surface area contributed by atoms with E-state index in [4.69, 9.17) is 0 Å². The summed E-state index contributed by atoms with van der Waals surface area (Å²) in [6, 6.07) is 18.5. The van der Waals surface area contributed by atoms with Crippen LogP contribution in [0.3, 0.4) is 0 Å². The van der Waals surface area contributed by atoms with Crippen molar-refractivity contribution in [1.29, 1.82) is 0 Å². The molecule has 58 heavy (non-hydrogen) atoms. The lowest BCUT2D eigenvalue weighted by molar-refractivity contribution is 0.578. The van der Waals surface area contributed by atoms with E-state index in [0.29, 0.717) is 0 Å². The van der Waals surface area contributed by atoms with Gasteiger partial charge in [0.25, 0.3) is 0 Å². The van der Waals surface area contributed by atoms with Crippen LogP contribution in [0.4, 0.5) is 5.69 Å². The van der Waals surface area contributed by atoms with E-state index in [1.165, 1.54) is 0 Å². The number of anilines is 1. The highest BCUT2D eigenvalue weighted by atomic mass is 15.2. The minimum atomic E-state index is 0.868. The van der Waals surface area contributed by atoms with E-state index in [1.807, 2.05) is 147 Å². The number of nitrogens with zero attached hydrogens (tertiary/aromatic N) is 2. The molecule has 2 rings (SSSR count). The van der Waals surface area contributed by atoms with E-state index in [-0.39, 0.29) is 0 Å². The Hall–Kier alpha value is -7.42. The van der Waals surface area contributed by atoms with Gasteiger partial charge in [0.15, 0.2) is 0 Å². The Morgan fingerprint density at radius 3 is 1.38 bits per heavy atom. The molecule has 0 N–H and O–H groups in total. The van der Waals surface area contributed by atoms with Gasteiger partial charge in [0.1, 0.15) is 0 Å². The minimum absolute atomic E-state index is 0.868. The highest BCUT2D eigenvalue weighted by Crippen LogP contribution is 2.27. The number of rotatable bonds is 24. The van der Waals surface area contributed by atoms with E-state index in [0.717, 1.165) is 56.4 Å². The van der Waals surface area contributed by atoms with Crippen LogP contribution >= 0.6 is 0 Å². The average molecular weight is 759 g/mol. The van der Waals surface area contributed by atoms with Gasteiger partial charge in [-0.05, 0) is 109 Å². The molecule has 0 spiro atoms. The molecule has 0 fully saturated rings. The zero-order valence-corrected chi connectivity index (χ0v) is 34.3. The van der Waals surface area contributed by atoms with E-state index in [1.54, 1.807) is 24.3 Å². The first-order valence-corrected chi connectivity index (χ1v) is 19.0. The van der Waals surface area contributed by atoms with Crippen LogP contribution < -0.4 is 4.90 Å². The molecule has 0 saturated carbocycles. The maximum absolute atomic E-state index is 4.14. The number of para-hydroxylation sites is 1. The largest absolute Gasteiger partial charge is 0.311 e. The van der Waals surface area contributed by atoms with Crippen molar-refractivity contribution in [2.45, 2.75) is 13.8 Å². The Morgan fingerprint density at radius 1 is 0.414 bits per heavy atom. The van der Waals surface area contributed by atoms with Crippen molar-refractivity contribution < 1.29 is 0 Å². The van der Waals surface area contributed by atoms with Crippen LogP contribution in [0.5, 0.6) is 0 Å². The lowest BCUT2D eigenvalue weighted by atomic mass is 10.1. The third-order valence-corrected chi connectivity index (χ3v) is 8.14. The fourth-order valence-electron chi connectivity index (χ4n) is 5.34. The zero-order valence-electron chi connectivity index (χ0n) is 34.3. The molecule has 292 valence electrons. The number of hydrogen-bond acceptors (Lipinski definition) is 2. The number of allylic oxidation sites excluding steroid dienone is 27. The monoisotopic (exact) mass is 758 g/mol. The van der Waals surface area contributed by atoms with Gasteiger partial charge >= 0.3 is 0 Å². The third kappa shape index (κ3) is 15.7. The number of benzene rings is 2. The second kappa shape index (κ2) is 28.1. The van der Waals surface area contributed by atoms with Gasteiger partial charge in [-0.25, -0.2) is 0 Å². The van der Waals surface area contributed by atoms with Crippen LogP contribution in [0.15, 0.2) is 299 Å². The maximum atomic E-state index is 4.14. The molecule has 0 aliphatic rings. The first-order valence-electron chi connectivity index (χ1n) is 19.0. The van der Waals surface area contributed by atoms with Gasteiger partial charge < -0.3 is 9.80 Å². The molecule has 0 unspecified atom stereocenters. The SMILES string of the molecule is C=C/C=C\C(=C/C=C)N(/C(C=C)=C/C=C(\C=C)C=Cc1ccc(C=C/C(C=C)=C/C=C(\C=C)N(C(/C=C\C=C)=C/C=C)c2ccccc2)cc1)C(/C=C\C)=C/C=C\C. The van der Waals surface area contributed by atoms with Crippen LogP contribution in [0, 0.1) is 0 Å². The molecule has 0 aliphatic carbocycles. The van der Waals surface area contributed by atoms with Crippen molar-refractivity contribution in [3.8, 4) is 0 Å². The molecular formula is C56H58N2. The van der Waals surface area contributed by atoms with Gasteiger partial charge in [-0.15, -0.1) is 0 Å². The highest BCUT2D eigenvalue weighted by molar-refractivity contribution is 5.65. The van der Waals surface area contributed by atoms with Gasteiger partial charge in [0.05, 0.1) is 0 Å². The smallest absolute Gasteiger partial charge is 0.0461 e. The number of hydrogen-bond donors (Lipinski definition) is 0. The predicted molar refractivity (Wildman–Crippen MR) is 261 cm³/mol. The maximum Gasteiger partial charge on any atom is 0.0461 e. The van der Waals surface area contributed by atoms with Crippen LogP contribution in [-0.4, -0.2) is 4.90 Å². The average Bonchev–Trinajstić information content (AvgIpc) is 3.25. The summed E-state index contributed by atoms with van der Waals surface area (Å²) in [5.41, 5.74) is 9.51. The van der Waals surface area contributed by atoms with E-state index in [2.05, 4.69) is 123 Å². The molecular weight excluding hydrogens is 701 g/mol. The molecule has 0 aromatic heterocycles. The van der Waals surface area contributed by atoms with Gasteiger partial charge in [-0.3, -0.25) is 0 Å². The molecule has 0 aliphatic heterocycles. The Morgan fingerprint density at radius 2 is 0.914 bits per heavy atom. The van der Waals surface area contributed by atoms with Crippen molar-refractivity contribution in [3.05, 3.63) is 310 Å². The summed E-state index contributed by atoms with van der Waals surface area (Å²) in [6.45, 7) is 35.9. The van der Waals surface area contributed by atoms with E-state index in [9.17, 15) is 0 Å². The summed E-state index contributed by atoms with van der Waals surface area (Å²) in [7, 11) is 0. The fraction of sp³-hybridized carbons (Fsp3) is 0.0357. The normalized spacial score (nSPS) is 13.9. The van der Waals surface area contributed by atoms with Crippen molar-refractivity contribution in [2.75, 3.05) is 4.90 Å². The second-order valence-electron chi connectivity index (χ2n) is 12.1. The standard InChI is InChI=1S/C56H58N2/c1-11-21-30-53(27-14-4)57(54(28-15-5)31-22-12-2)51(19-9)45-43-47(17-7)35-37-49-39-41-50(42-40-49)38-36-48(18-8)44-46-52(20-10)58(56-33-25-24-26-34-56)55(29-16-6)32-23-13-3/h11-46H,1,3-4,6-10H2,2,5H3/b22-12-,28-15-,30-21-,32-23-,37-35?,38-36?,47-43+,48-44+,51-45+,52-46+,53-27+,54-31+,55-29+. The van der Waals surface area contributed by atoms with Crippen molar-refractivity contribution in [2.24, 2.45) is 0 Å². The fourth-order valence-corrected chi connectivity index (χ4v) is 5.34. The first-order chi connectivity index (χ1) is 28.4. The summed E-state index contributed by atoms with van der Waals surface area (Å²) in [6.07, 6.45) is 52.5. The Labute approximate surface area is 350 Å². The Kier molecular flexibility index (Phi) is 22.6. The van der Waals surface area contributed by atoms with Crippen molar-refractivity contribution >= 4 is 17.8 Å². The molecule has 2 aromatic rings. The van der Waals surface area contributed by atoms with Gasteiger partial charge in [0.2, 0.25) is 0 Å².